The van der Waals surface area contributed by atoms with Gasteiger partial charge in [0.1, 0.15) is 23.7 Å². The Hall–Kier alpha value is -5.26. The molecule has 6 heterocycles. The molecule has 2 atom stereocenters. The largest absolute Gasteiger partial charge is 0.497 e. The highest BCUT2D eigenvalue weighted by molar-refractivity contribution is 6.21. The Morgan fingerprint density at radius 1 is 0.569 bits per heavy atom. The summed E-state index contributed by atoms with van der Waals surface area (Å²) in [4.78, 5) is 12.0. The molecule has 0 radical (unpaired) electrons. The van der Waals surface area contributed by atoms with Crippen molar-refractivity contribution in [2.24, 2.45) is 11.8 Å². The van der Waals surface area contributed by atoms with E-state index in [1.807, 2.05) is 18.2 Å². The average molecular weight is 779 g/mol. The SMILES string of the molecule is COc1ccc2c(c1)[nH]c1ccc3cc[n+](CC(O)CN4CCC(C5CCN(CC(O)C[n+]6ccc7ccc8[nH]c9ccc(OC)cc9c8c7c6)CC5)CC4)cc3c12. The summed E-state index contributed by atoms with van der Waals surface area (Å²) in [6.45, 7) is 6.70. The van der Waals surface area contributed by atoms with E-state index in [0.29, 0.717) is 26.2 Å². The van der Waals surface area contributed by atoms with Crippen LogP contribution in [0.2, 0.25) is 0 Å². The van der Waals surface area contributed by atoms with E-state index in [-0.39, 0.29) is 0 Å². The lowest BCUT2D eigenvalue weighted by molar-refractivity contribution is -0.702. The summed E-state index contributed by atoms with van der Waals surface area (Å²) in [5.74, 6) is 3.16. The van der Waals surface area contributed by atoms with Gasteiger partial charge < -0.3 is 39.5 Å². The lowest BCUT2D eigenvalue weighted by Gasteiger charge is -2.40. The highest BCUT2D eigenvalue weighted by atomic mass is 16.5. The van der Waals surface area contributed by atoms with Gasteiger partial charge in [0.05, 0.1) is 30.5 Å². The fourth-order valence-electron chi connectivity index (χ4n) is 10.3. The van der Waals surface area contributed by atoms with E-state index < -0.39 is 12.2 Å². The number of fused-ring (bicyclic) bond motifs is 10. The van der Waals surface area contributed by atoms with Crippen LogP contribution in [0.4, 0.5) is 0 Å². The van der Waals surface area contributed by atoms with Gasteiger partial charge in [-0.1, -0.05) is 12.1 Å². The third-order valence-corrected chi connectivity index (χ3v) is 13.3. The Morgan fingerprint density at radius 3 is 1.60 bits per heavy atom. The number of aromatic amines is 2. The van der Waals surface area contributed by atoms with E-state index in [0.717, 1.165) is 77.0 Å². The van der Waals surface area contributed by atoms with Crippen LogP contribution in [0.15, 0.2) is 97.6 Å². The number of β-amino-alcohol motifs (C(OH)–C–C–N with tert-alkyl or cyclic N) is 2. The first kappa shape index (κ1) is 37.0. The number of nitrogens with one attached hydrogen (secondary N) is 2. The second-order valence-corrected chi connectivity index (χ2v) is 16.9. The predicted octanol–water partition coefficient (Wildman–Crippen LogP) is 6.70. The Balaban J connectivity index is 0.708. The molecule has 0 spiro atoms. The molecule has 2 fully saturated rings. The molecular formula is C48H54N6O4+2. The number of benzene rings is 4. The molecule has 2 unspecified atom stereocenters. The van der Waals surface area contributed by atoms with Crippen molar-refractivity contribution >= 4 is 65.2 Å². The zero-order valence-corrected chi connectivity index (χ0v) is 33.5. The van der Waals surface area contributed by atoms with Crippen molar-refractivity contribution in [1.82, 2.24) is 19.8 Å². The van der Waals surface area contributed by atoms with Gasteiger partial charge in [-0.15, -0.1) is 0 Å². The maximum absolute atomic E-state index is 11.3. The number of aliphatic hydroxyl groups is 2. The molecule has 4 aromatic carbocycles. The maximum Gasteiger partial charge on any atom is 0.177 e. The number of likely N-dealkylation sites (tertiary alicyclic amines) is 2. The number of hydrogen-bond donors (Lipinski definition) is 4. The number of aliphatic hydroxyl groups excluding tert-OH is 2. The molecule has 0 aliphatic carbocycles. The minimum Gasteiger partial charge on any atom is -0.497 e. The lowest BCUT2D eigenvalue weighted by atomic mass is 9.78. The fourth-order valence-corrected chi connectivity index (χ4v) is 10.3. The Morgan fingerprint density at radius 2 is 1.05 bits per heavy atom. The average Bonchev–Trinajstić information content (AvgIpc) is 3.82. The molecule has 2 saturated heterocycles. The highest BCUT2D eigenvalue weighted by Gasteiger charge is 2.31. The molecule has 0 amide bonds. The summed E-state index contributed by atoms with van der Waals surface area (Å²) in [6, 6.07) is 25.3. The van der Waals surface area contributed by atoms with Gasteiger partial charge >= 0.3 is 0 Å². The summed E-state index contributed by atoms with van der Waals surface area (Å²) in [5.41, 5.74) is 4.36. The first-order chi connectivity index (χ1) is 28.4. The van der Waals surface area contributed by atoms with Crippen LogP contribution in [0.3, 0.4) is 0 Å². The second kappa shape index (κ2) is 15.5. The van der Waals surface area contributed by atoms with Crippen LogP contribution >= 0.6 is 0 Å². The highest BCUT2D eigenvalue weighted by Crippen LogP contribution is 2.36. The summed E-state index contributed by atoms with van der Waals surface area (Å²) >= 11 is 0. The fraction of sp³-hybridized carbons (Fsp3) is 0.375. The molecule has 8 aromatic rings. The molecule has 4 N–H and O–H groups in total. The van der Waals surface area contributed by atoms with Crippen LogP contribution in [0.5, 0.6) is 11.5 Å². The molecule has 2 aliphatic heterocycles. The number of pyridine rings is 2. The van der Waals surface area contributed by atoms with Crippen molar-refractivity contribution in [1.29, 1.82) is 0 Å². The van der Waals surface area contributed by atoms with Gasteiger partial charge in [0.2, 0.25) is 0 Å². The number of H-pyrrole nitrogens is 2. The number of piperidine rings is 2. The van der Waals surface area contributed by atoms with E-state index in [2.05, 4.69) is 108 Å². The maximum atomic E-state index is 11.3. The molecule has 0 bridgehead atoms. The molecule has 10 heteroatoms. The van der Waals surface area contributed by atoms with Crippen molar-refractivity contribution in [3.63, 3.8) is 0 Å². The Bertz CT molecular complexity index is 2760. The van der Waals surface area contributed by atoms with E-state index in [9.17, 15) is 10.2 Å². The van der Waals surface area contributed by atoms with Crippen LogP contribution in [-0.4, -0.2) is 95.7 Å². The van der Waals surface area contributed by atoms with Crippen LogP contribution < -0.4 is 18.6 Å². The van der Waals surface area contributed by atoms with Crippen molar-refractivity contribution < 1.29 is 28.8 Å². The minimum absolute atomic E-state index is 0.438. The minimum atomic E-state index is -0.442. The number of nitrogens with zero attached hydrogens (tertiary/aromatic N) is 4. The monoisotopic (exact) mass is 778 g/mol. The number of rotatable bonds is 11. The molecule has 298 valence electrons. The Kier molecular flexibility index (Phi) is 9.89. The summed E-state index contributed by atoms with van der Waals surface area (Å²) in [5, 5.41) is 32.0. The third-order valence-electron chi connectivity index (χ3n) is 13.3. The molecular weight excluding hydrogens is 725 g/mol. The smallest absolute Gasteiger partial charge is 0.177 e. The lowest BCUT2D eigenvalue weighted by Crippen LogP contribution is -2.48. The van der Waals surface area contributed by atoms with Crippen molar-refractivity contribution in [3.8, 4) is 11.5 Å². The summed E-state index contributed by atoms with van der Waals surface area (Å²) in [6.07, 6.45) is 12.5. The quantitative estimate of drug-likeness (QED) is 0.109. The normalized spacial score (nSPS) is 17.7. The van der Waals surface area contributed by atoms with Crippen LogP contribution in [0, 0.1) is 11.8 Å². The summed E-state index contributed by atoms with van der Waals surface area (Å²) in [7, 11) is 3.40. The van der Waals surface area contributed by atoms with Gasteiger partial charge in [0.15, 0.2) is 37.9 Å². The molecule has 2 aliphatic rings. The number of ether oxygens (including phenoxy) is 2. The van der Waals surface area contributed by atoms with Crippen LogP contribution in [-0.2, 0) is 13.1 Å². The molecule has 4 aromatic heterocycles. The molecule has 0 saturated carbocycles. The van der Waals surface area contributed by atoms with Crippen molar-refractivity contribution in [3.05, 3.63) is 97.6 Å². The van der Waals surface area contributed by atoms with Gasteiger partial charge in [0.25, 0.3) is 0 Å². The van der Waals surface area contributed by atoms with Gasteiger partial charge in [-0.3, -0.25) is 0 Å². The van der Waals surface area contributed by atoms with Gasteiger partial charge in [-0.2, -0.15) is 0 Å². The van der Waals surface area contributed by atoms with Crippen LogP contribution in [0.25, 0.3) is 65.2 Å². The molecule has 10 nitrogen and oxygen atoms in total. The predicted molar refractivity (Wildman–Crippen MR) is 230 cm³/mol. The van der Waals surface area contributed by atoms with Crippen LogP contribution in [0.1, 0.15) is 25.7 Å². The number of hydrogen-bond acceptors (Lipinski definition) is 6. The van der Waals surface area contributed by atoms with E-state index in [1.54, 1.807) is 14.2 Å². The topological polar surface area (TPSA) is 105 Å². The summed E-state index contributed by atoms with van der Waals surface area (Å²) < 4.78 is 15.3. The zero-order chi connectivity index (χ0) is 39.3. The van der Waals surface area contributed by atoms with Gasteiger partial charge in [-0.05, 0) is 117 Å². The first-order valence-corrected chi connectivity index (χ1v) is 21.0. The van der Waals surface area contributed by atoms with Gasteiger partial charge in [-0.25, -0.2) is 9.13 Å². The van der Waals surface area contributed by atoms with E-state index >= 15 is 0 Å². The molecule has 10 rings (SSSR count). The number of methoxy groups -OCH3 is 2. The van der Waals surface area contributed by atoms with Crippen molar-refractivity contribution in [2.45, 2.75) is 51.0 Å². The molecule has 58 heavy (non-hydrogen) atoms. The number of aromatic nitrogens is 4. The van der Waals surface area contributed by atoms with E-state index in [1.165, 1.54) is 63.4 Å². The second-order valence-electron chi connectivity index (χ2n) is 16.9. The third kappa shape index (κ3) is 7.12. The first-order valence-electron chi connectivity index (χ1n) is 21.0. The van der Waals surface area contributed by atoms with Crippen molar-refractivity contribution in [2.75, 3.05) is 53.5 Å². The zero-order valence-electron chi connectivity index (χ0n) is 33.5. The Labute approximate surface area is 338 Å². The standard InChI is InChI=1S/C48H52N6O4/c1-57-37-6-10-43-40(23-37)48-42-30-54(22-16-34(42)4-9-45(48)49-43)28-36(56)26-52-19-13-32(14-20-52)31-11-17-51(18-12-31)25-35(55)27-53-21-15-33-3-8-44-47(41(33)29-53)39-7-5-38(58-2)24-46(39)50-44/h3-10,15-16,21-24,29-32,35-36,55-56H,11-14,17-20,25-28H2,1-2H3/p+2. The van der Waals surface area contributed by atoms with E-state index in [4.69, 9.17) is 9.47 Å². The van der Waals surface area contributed by atoms with Gasteiger partial charge in [0, 0.05) is 69.4 Å².